The predicted molar refractivity (Wildman–Crippen MR) is 103 cm³/mol. The van der Waals surface area contributed by atoms with E-state index in [9.17, 15) is 4.79 Å². The first-order valence-corrected chi connectivity index (χ1v) is 8.74. The number of fused-ring (bicyclic) bond motifs is 1. The Kier molecular flexibility index (Phi) is 4.98. The van der Waals surface area contributed by atoms with Gasteiger partial charge in [-0.05, 0) is 56.1 Å². The summed E-state index contributed by atoms with van der Waals surface area (Å²) in [5, 5.41) is 1.74. The van der Waals surface area contributed by atoms with Crippen LogP contribution in [-0.4, -0.2) is 11.9 Å². The van der Waals surface area contributed by atoms with E-state index in [1.807, 2.05) is 51.2 Å². The summed E-state index contributed by atoms with van der Waals surface area (Å²) in [6, 6.07) is 13.7. The number of hydrogen-bond acceptors (Lipinski definition) is 3. The lowest BCUT2D eigenvalue weighted by Gasteiger charge is -2.26. The lowest BCUT2D eigenvalue weighted by Crippen LogP contribution is -2.23. The van der Waals surface area contributed by atoms with Gasteiger partial charge in [0.1, 0.15) is 5.58 Å². The highest BCUT2D eigenvalue weighted by Crippen LogP contribution is 2.29. The molecule has 0 aliphatic rings. The molecule has 130 valence electrons. The van der Waals surface area contributed by atoms with Gasteiger partial charge in [0, 0.05) is 29.1 Å². The Labute approximate surface area is 152 Å². The highest BCUT2D eigenvalue weighted by atomic mass is 35.5. The van der Waals surface area contributed by atoms with Crippen LogP contribution < -0.4 is 5.63 Å². The van der Waals surface area contributed by atoms with E-state index in [0.29, 0.717) is 12.1 Å². The van der Waals surface area contributed by atoms with Crippen LogP contribution in [0.5, 0.6) is 0 Å². The summed E-state index contributed by atoms with van der Waals surface area (Å²) in [6.07, 6.45) is 0. The fourth-order valence-corrected chi connectivity index (χ4v) is 3.41. The number of benzene rings is 2. The van der Waals surface area contributed by atoms with E-state index in [-0.39, 0.29) is 11.7 Å². The molecule has 3 aromatic rings. The van der Waals surface area contributed by atoms with Crippen molar-refractivity contribution in [2.45, 2.75) is 33.4 Å². The van der Waals surface area contributed by atoms with Gasteiger partial charge in [-0.15, -0.1) is 0 Å². The second-order valence-electron chi connectivity index (χ2n) is 6.59. The smallest absolute Gasteiger partial charge is 0.336 e. The molecule has 25 heavy (non-hydrogen) atoms. The van der Waals surface area contributed by atoms with Crippen LogP contribution in [-0.2, 0) is 6.54 Å². The maximum atomic E-state index is 12.0. The zero-order chi connectivity index (χ0) is 18.1. The van der Waals surface area contributed by atoms with Crippen LogP contribution in [0, 0.1) is 13.8 Å². The van der Waals surface area contributed by atoms with Gasteiger partial charge in [-0.1, -0.05) is 41.9 Å². The Morgan fingerprint density at radius 2 is 1.88 bits per heavy atom. The Hall–Kier alpha value is -2.10. The fraction of sp³-hybridized carbons (Fsp3) is 0.286. The number of nitrogens with zero attached hydrogens (tertiary/aromatic N) is 1. The number of halogens is 1. The quantitative estimate of drug-likeness (QED) is 0.599. The number of aryl methyl sites for hydroxylation is 2. The highest BCUT2D eigenvalue weighted by Gasteiger charge is 2.17. The standard InChI is InChI=1S/C21H22ClNO2/c1-13-9-10-18-16(11-20(24)25-21(18)14(13)2)12-23(4)15(3)17-7-5-6-8-19(17)22/h5-11,15H,12H2,1-4H3. The van der Waals surface area contributed by atoms with Gasteiger partial charge in [0.25, 0.3) is 0 Å². The third-order valence-electron chi connectivity index (χ3n) is 4.95. The summed E-state index contributed by atoms with van der Waals surface area (Å²) in [4.78, 5) is 14.2. The van der Waals surface area contributed by atoms with Crippen LogP contribution in [0.2, 0.25) is 5.02 Å². The highest BCUT2D eigenvalue weighted by molar-refractivity contribution is 6.31. The predicted octanol–water partition coefficient (Wildman–Crippen LogP) is 5.26. The minimum absolute atomic E-state index is 0.127. The molecule has 0 saturated carbocycles. The van der Waals surface area contributed by atoms with Crippen LogP contribution >= 0.6 is 11.6 Å². The summed E-state index contributed by atoms with van der Waals surface area (Å²) >= 11 is 6.33. The molecule has 0 aliphatic carbocycles. The van der Waals surface area contributed by atoms with Gasteiger partial charge in [0.15, 0.2) is 0 Å². The van der Waals surface area contributed by atoms with Crippen molar-refractivity contribution in [1.29, 1.82) is 0 Å². The van der Waals surface area contributed by atoms with Crippen molar-refractivity contribution >= 4 is 22.6 Å². The Morgan fingerprint density at radius 1 is 1.16 bits per heavy atom. The topological polar surface area (TPSA) is 33.5 Å². The summed E-state index contributed by atoms with van der Waals surface area (Å²) < 4.78 is 5.46. The van der Waals surface area contributed by atoms with Gasteiger partial charge in [-0.2, -0.15) is 0 Å². The average Bonchev–Trinajstić information content (AvgIpc) is 2.58. The molecule has 0 aliphatic heterocycles. The fourth-order valence-electron chi connectivity index (χ4n) is 3.11. The molecule has 1 heterocycles. The molecular weight excluding hydrogens is 334 g/mol. The van der Waals surface area contributed by atoms with E-state index in [1.54, 1.807) is 6.07 Å². The summed E-state index contributed by atoms with van der Waals surface area (Å²) in [5.74, 6) is 0. The van der Waals surface area contributed by atoms with E-state index in [4.69, 9.17) is 16.0 Å². The van der Waals surface area contributed by atoms with E-state index in [2.05, 4.69) is 17.9 Å². The van der Waals surface area contributed by atoms with Crippen LogP contribution in [0.4, 0.5) is 0 Å². The lowest BCUT2D eigenvalue weighted by atomic mass is 10.0. The zero-order valence-corrected chi connectivity index (χ0v) is 15.7. The van der Waals surface area contributed by atoms with Crippen molar-refractivity contribution in [3.63, 3.8) is 0 Å². The zero-order valence-electron chi connectivity index (χ0n) is 15.0. The summed E-state index contributed by atoms with van der Waals surface area (Å²) in [7, 11) is 2.04. The summed E-state index contributed by atoms with van der Waals surface area (Å²) in [5.41, 5.74) is 4.54. The van der Waals surface area contributed by atoms with Crippen LogP contribution in [0.1, 0.15) is 35.2 Å². The molecule has 2 aromatic carbocycles. The number of hydrogen-bond donors (Lipinski definition) is 0. The largest absolute Gasteiger partial charge is 0.422 e. The van der Waals surface area contributed by atoms with Crippen molar-refractivity contribution in [2.75, 3.05) is 7.05 Å². The molecule has 1 aromatic heterocycles. The molecule has 3 nitrogen and oxygen atoms in total. The average molecular weight is 356 g/mol. The monoisotopic (exact) mass is 355 g/mol. The molecule has 0 amide bonds. The Balaban J connectivity index is 1.99. The Bertz CT molecular complexity index is 977. The van der Waals surface area contributed by atoms with Gasteiger partial charge in [0.05, 0.1) is 0 Å². The van der Waals surface area contributed by atoms with Crippen LogP contribution in [0.3, 0.4) is 0 Å². The van der Waals surface area contributed by atoms with Gasteiger partial charge in [-0.25, -0.2) is 4.79 Å². The first-order valence-electron chi connectivity index (χ1n) is 8.36. The van der Waals surface area contributed by atoms with Crippen molar-refractivity contribution in [1.82, 2.24) is 4.90 Å². The van der Waals surface area contributed by atoms with E-state index < -0.39 is 0 Å². The minimum atomic E-state index is -0.310. The normalized spacial score (nSPS) is 12.7. The molecule has 0 fully saturated rings. The van der Waals surface area contributed by atoms with Crippen molar-refractivity contribution in [2.24, 2.45) is 0 Å². The van der Waals surface area contributed by atoms with Crippen molar-refractivity contribution in [3.8, 4) is 0 Å². The minimum Gasteiger partial charge on any atom is -0.422 e. The molecular formula is C21H22ClNO2. The van der Waals surface area contributed by atoms with Crippen LogP contribution in [0.15, 0.2) is 51.7 Å². The van der Waals surface area contributed by atoms with Gasteiger partial charge in [-0.3, -0.25) is 4.90 Å². The first-order chi connectivity index (χ1) is 11.9. The molecule has 0 bridgehead atoms. The number of rotatable bonds is 4. The third kappa shape index (κ3) is 3.48. The molecule has 1 unspecified atom stereocenters. The molecule has 0 saturated heterocycles. The molecule has 0 N–H and O–H groups in total. The maximum absolute atomic E-state index is 12.0. The SMILES string of the molecule is Cc1ccc2c(CN(C)C(C)c3ccccc3Cl)cc(=O)oc2c1C. The molecule has 4 heteroatoms. The van der Waals surface area contributed by atoms with Gasteiger partial charge in [0.2, 0.25) is 0 Å². The second kappa shape index (κ2) is 7.03. The van der Waals surface area contributed by atoms with Crippen molar-refractivity contribution < 1.29 is 4.42 Å². The van der Waals surface area contributed by atoms with E-state index >= 15 is 0 Å². The third-order valence-corrected chi connectivity index (χ3v) is 5.30. The molecule has 1 atom stereocenters. The lowest BCUT2D eigenvalue weighted by molar-refractivity contribution is 0.253. The maximum Gasteiger partial charge on any atom is 0.336 e. The van der Waals surface area contributed by atoms with Gasteiger partial charge >= 0.3 is 5.63 Å². The second-order valence-corrected chi connectivity index (χ2v) is 6.99. The van der Waals surface area contributed by atoms with E-state index in [1.165, 1.54) is 0 Å². The van der Waals surface area contributed by atoms with Crippen molar-refractivity contribution in [3.05, 3.63) is 80.2 Å². The van der Waals surface area contributed by atoms with Crippen LogP contribution in [0.25, 0.3) is 11.0 Å². The molecule has 0 radical (unpaired) electrons. The first kappa shape index (κ1) is 17.7. The van der Waals surface area contributed by atoms with E-state index in [0.717, 1.165) is 32.7 Å². The Morgan fingerprint density at radius 3 is 2.60 bits per heavy atom. The molecule has 3 rings (SSSR count). The molecule has 0 spiro atoms. The summed E-state index contributed by atoms with van der Waals surface area (Å²) in [6.45, 7) is 6.76. The van der Waals surface area contributed by atoms with Gasteiger partial charge < -0.3 is 4.42 Å².